The summed E-state index contributed by atoms with van der Waals surface area (Å²) in [6.45, 7) is 0. The molecule has 0 aliphatic carbocycles. The molecule has 0 saturated heterocycles. The number of carbonyl (C=O) groups excluding carboxylic acids is 1. The molecule has 0 saturated carbocycles. The number of rotatable bonds is 2. The van der Waals surface area contributed by atoms with Crippen LogP contribution < -0.4 is 0 Å². The number of aromatic nitrogens is 1. The highest BCUT2D eigenvalue weighted by molar-refractivity contribution is 9.10. The summed E-state index contributed by atoms with van der Waals surface area (Å²) in [7, 11) is 0. The van der Waals surface area contributed by atoms with Gasteiger partial charge in [-0.25, -0.2) is 13.8 Å². The quantitative estimate of drug-likeness (QED) is 0.474. The Morgan fingerprint density at radius 2 is 1.94 bits per heavy atom. The van der Waals surface area contributed by atoms with Crippen molar-refractivity contribution in [2.24, 2.45) is 0 Å². The maximum absolute atomic E-state index is 12.4. The molecule has 0 atom stereocenters. The Labute approximate surface area is 94.6 Å². The van der Waals surface area contributed by atoms with E-state index >= 15 is 0 Å². The molecule has 0 bridgehead atoms. The SMILES string of the molecule is O=Cc1nc(Br)cc(C(F)(F)F)c1C(F)F. The summed E-state index contributed by atoms with van der Waals surface area (Å²) < 4.78 is 61.7. The molecule has 0 aliphatic rings. The molecule has 1 heterocycles. The number of alkyl halides is 5. The van der Waals surface area contributed by atoms with Crippen LogP contribution in [0.3, 0.4) is 0 Å². The zero-order valence-electron chi connectivity index (χ0n) is 7.36. The van der Waals surface area contributed by atoms with Crippen LogP contribution in [0.4, 0.5) is 22.0 Å². The van der Waals surface area contributed by atoms with Crippen molar-refractivity contribution in [3.8, 4) is 0 Å². The van der Waals surface area contributed by atoms with Gasteiger partial charge in [-0.2, -0.15) is 13.2 Å². The van der Waals surface area contributed by atoms with Gasteiger partial charge in [0.05, 0.1) is 11.1 Å². The average Bonchev–Trinajstić information content (AvgIpc) is 2.14. The molecule has 0 fully saturated rings. The van der Waals surface area contributed by atoms with Gasteiger partial charge in [0, 0.05) is 0 Å². The summed E-state index contributed by atoms with van der Waals surface area (Å²) >= 11 is 2.61. The number of hydrogen-bond acceptors (Lipinski definition) is 2. The second kappa shape index (κ2) is 4.44. The van der Waals surface area contributed by atoms with Gasteiger partial charge in [-0.1, -0.05) is 0 Å². The first-order chi connectivity index (χ1) is 7.27. The van der Waals surface area contributed by atoms with E-state index in [1.165, 1.54) is 0 Å². The molecule has 16 heavy (non-hydrogen) atoms. The molecule has 1 aromatic heterocycles. The van der Waals surface area contributed by atoms with Gasteiger partial charge in [0.15, 0.2) is 6.29 Å². The largest absolute Gasteiger partial charge is 0.417 e. The van der Waals surface area contributed by atoms with Gasteiger partial charge >= 0.3 is 6.18 Å². The van der Waals surface area contributed by atoms with Crippen LogP contribution in [0.5, 0.6) is 0 Å². The number of nitrogens with zero attached hydrogens (tertiary/aromatic N) is 1. The van der Waals surface area contributed by atoms with Crippen LogP contribution in [-0.2, 0) is 6.18 Å². The van der Waals surface area contributed by atoms with Crippen molar-refractivity contribution in [2.75, 3.05) is 0 Å². The summed E-state index contributed by atoms with van der Waals surface area (Å²) in [6, 6.07) is 0.411. The molecule has 0 amide bonds. The van der Waals surface area contributed by atoms with Crippen LogP contribution in [-0.4, -0.2) is 11.3 Å². The van der Waals surface area contributed by atoms with Gasteiger partial charge < -0.3 is 0 Å². The molecule has 8 heteroatoms. The zero-order chi connectivity index (χ0) is 12.5. The van der Waals surface area contributed by atoms with Crippen LogP contribution in [0.2, 0.25) is 0 Å². The van der Waals surface area contributed by atoms with Crippen molar-refractivity contribution in [3.05, 3.63) is 27.5 Å². The molecule has 1 rings (SSSR count). The lowest BCUT2D eigenvalue weighted by Crippen LogP contribution is -2.13. The first-order valence-corrected chi connectivity index (χ1v) is 4.57. The second-order valence-electron chi connectivity index (χ2n) is 2.71. The highest BCUT2D eigenvalue weighted by Gasteiger charge is 2.38. The molecule has 0 radical (unpaired) electrons. The Hall–Kier alpha value is -1.05. The van der Waals surface area contributed by atoms with Crippen molar-refractivity contribution < 1.29 is 26.7 Å². The average molecular weight is 304 g/mol. The first-order valence-electron chi connectivity index (χ1n) is 3.78. The van der Waals surface area contributed by atoms with E-state index in [4.69, 9.17) is 0 Å². The van der Waals surface area contributed by atoms with Gasteiger partial charge in [-0.15, -0.1) is 0 Å². The molecule has 0 spiro atoms. The van der Waals surface area contributed by atoms with E-state index in [1.807, 2.05) is 0 Å². The first kappa shape index (κ1) is 13.0. The molecule has 0 aliphatic heterocycles. The van der Waals surface area contributed by atoms with Crippen molar-refractivity contribution in [2.45, 2.75) is 12.6 Å². The Kier molecular flexibility index (Phi) is 3.61. The number of pyridine rings is 1. The summed E-state index contributed by atoms with van der Waals surface area (Å²) in [5, 5.41) is 0. The lowest BCUT2D eigenvalue weighted by atomic mass is 10.1. The lowest BCUT2D eigenvalue weighted by Gasteiger charge is -2.13. The van der Waals surface area contributed by atoms with Crippen LogP contribution in [0.15, 0.2) is 10.7 Å². The zero-order valence-corrected chi connectivity index (χ0v) is 8.94. The van der Waals surface area contributed by atoms with E-state index in [9.17, 15) is 26.7 Å². The normalized spacial score (nSPS) is 11.9. The fraction of sp³-hybridized carbons (Fsp3) is 0.250. The van der Waals surface area contributed by atoms with Crippen molar-refractivity contribution in [1.82, 2.24) is 4.98 Å². The molecule has 0 unspecified atom stereocenters. The summed E-state index contributed by atoms with van der Waals surface area (Å²) in [5.41, 5.74) is -3.88. The summed E-state index contributed by atoms with van der Waals surface area (Å²) in [6.07, 6.45) is -8.52. The minimum absolute atomic E-state index is 0.137. The van der Waals surface area contributed by atoms with Gasteiger partial charge in [-0.3, -0.25) is 4.79 Å². The van der Waals surface area contributed by atoms with Gasteiger partial charge in [-0.05, 0) is 22.0 Å². The van der Waals surface area contributed by atoms with Crippen molar-refractivity contribution >= 4 is 22.2 Å². The van der Waals surface area contributed by atoms with Crippen LogP contribution >= 0.6 is 15.9 Å². The highest BCUT2D eigenvalue weighted by atomic mass is 79.9. The number of hydrogen-bond donors (Lipinski definition) is 0. The third-order valence-corrected chi connectivity index (χ3v) is 2.10. The smallest absolute Gasteiger partial charge is 0.296 e. The van der Waals surface area contributed by atoms with Crippen LogP contribution in [0.1, 0.15) is 28.0 Å². The van der Waals surface area contributed by atoms with E-state index < -0.39 is 29.4 Å². The van der Waals surface area contributed by atoms with E-state index in [-0.39, 0.29) is 10.9 Å². The molecule has 0 aromatic carbocycles. The maximum atomic E-state index is 12.4. The van der Waals surface area contributed by atoms with Gasteiger partial charge in [0.1, 0.15) is 10.3 Å². The topological polar surface area (TPSA) is 30.0 Å². The monoisotopic (exact) mass is 303 g/mol. The van der Waals surface area contributed by atoms with Gasteiger partial charge in [0.2, 0.25) is 0 Å². The van der Waals surface area contributed by atoms with Crippen LogP contribution in [0, 0.1) is 0 Å². The number of aldehydes is 1. The second-order valence-corrected chi connectivity index (χ2v) is 3.52. The summed E-state index contributed by atoms with van der Waals surface area (Å²) in [4.78, 5) is 13.6. The van der Waals surface area contributed by atoms with Crippen LogP contribution in [0.25, 0.3) is 0 Å². The Morgan fingerprint density at radius 3 is 2.31 bits per heavy atom. The molecular formula is C8H3BrF5NO. The Morgan fingerprint density at radius 1 is 1.38 bits per heavy atom. The molecular weight excluding hydrogens is 301 g/mol. The molecule has 0 N–H and O–H groups in total. The predicted octanol–water partition coefficient (Wildman–Crippen LogP) is 3.61. The lowest BCUT2D eigenvalue weighted by molar-refractivity contribution is -0.139. The third-order valence-electron chi connectivity index (χ3n) is 1.69. The Bertz CT molecular complexity index is 418. The molecule has 2 nitrogen and oxygen atoms in total. The van der Waals surface area contributed by atoms with Crippen molar-refractivity contribution in [1.29, 1.82) is 0 Å². The van der Waals surface area contributed by atoms with Gasteiger partial charge in [0.25, 0.3) is 6.43 Å². The fourth-order valence-corrected chi connectivity index (χ4v) is 1.52. The van der Waals surface area contributed by atoms with E-state index in [2.05, 4.69) is 20.9 Å². The van der Waals surface area contributed by atoms with E-state index in [0.717, 1.165) is 0 Å². The number of carbonyl (C=O) groups is 1. The van der Waals surface area contributed by atoms with E-state index in [1.54, 1.807) is 0 Å². The predicted molar refractivity (Wildman–Crippen MR) is 47.3 cm³/mol. The Balaban J connectivity index is 3.57. The highest BCUT2D eigenvalue weighted by Crippen LogP contribution is 2.38. The minimum atomic E-state index is -4.96. The molecule has 1 aromatic rings. The third kappa shape index (κ3) is 2.55. The maximum Gasteiger partial charge on any atom is 0.417 e. The molecule has 88 valence electrons. The minimum Gasteiger partial charge on any atom is -0.296 e. The standard InChI is InChI=1S/C8H3BrF5NO/c9-5-1-3(8(12,13)14)6(7(10)11)4(2-16)15-5/h1-2,7H. The number of halogens is 6. The van der Waals surface area contributed by atoms with E-state index in [0.29, 0.717) is 6.07 Å². The van der Waals surface area contributed by atoms with Crippen molar-refractivity contribution in [3.63, 3.8) is 0 Å². The summed E-state index contributed by atoms with van der Waals surface area (Å²) in [5.74, 6) is 0. The fourth-order valence-electron chi connectivity index (χ4n) is 1.10.